The molecular formula is C9H8N2O5. The van der Waals surface area contributed by atoms with E-state index in [1.54, 1.807) is 0 Å². The fraction of sp³-hybridized carbons (Fsp3) is 0. The Morgan fingerprint density at radius 1 is 1.44 bits per heavy atom. The van der Waals surface area contributed by atoms with Crippen molar-refractivity contribution in [3.8, 4) is 11.5 Å². The molecule has 0 aliphatic carbocycles. The number of phenols is 2. The monoisotopic (exact) mass is 224 g/mol. The van der Waals surface area contributed by atoms with Gasteiger partial charge in [0.1, 0.15) is 0 Å². The number of carbonyl (C=O) groups is 1. The summed E-state index contributed by atoms with van der Waals surface area (Å²) in [6.07, 6.45) is 0. The van der Waals surface area contributed by atoms with E-state index in [9.17, 15) is 25.1 Å². The molecule has 7 nitrogen and oxygen atoms in total. The molecule has 7 heteroatoms. The van der Waals surface area contributed by atoms with Crippen molar-refractivity contribution in [1.29, 1.82) is 0 Å². The highest BCUT2D eigenvalue weighted by Crippen LogP contribution is 2.37. The molecule has 0 aromatic heterocycles. The van der Waals surface area contributed by atoms with Gasteiger partial charge in [-0.15, -0.1) is 0 Å². The van der Waals surface area contributed by atoms with Crippen LogP contribution in [0.3, 0.4) is 0 Å². The van der Waals surface area contributed by atoms with E-state index in [0.29, 0.717) is 0 Å². The van der Waals surface area contributed by atoms with Crippen LogP contribution in [0, 0.1) is 10.1 Å². The van der Waals surface area contributed by atoms with Gasteiger partial charge in [0, 0.05) is 11.6 Å². The van der Waals surface area contributed by atoms with Crippen LogP contribution in [0.2, 0.25) is 0 Å². The third-order valence-electron chi connectivity index (χ3n) is 1.91. The van der Waals surface area contributed by atoms with Crippen LogP contribution in [0.1, 0.15) is 5.56 Å². The molecule has 0 fully saturated rings. The molecule has 4 N–H and O–H groups in total. The Kier molecular flexibility index (Phi) is 2.80. The third kappa shape index (κ3) is 1.92. The second kappa shape index (κ2) is 3.89. The highest BCUT2D eigenvalue weighted by Gasteiger charge is 2.20. The average Bonchev–Trinajstić information content (AvgIpc) is 2.20. The molecule has 0 heterocycles. The van der Waals surface area contributed by atoms with Crippen molar-refractivity contribution in [3.63, 3.8) is 0 Å². The molecular weight excluding hydrogens is 216 g/mol. The summed E-state index contributed by atoms with van der Waals surface area (Å²) < 4.78 is 0. The lowest BCUT2D eigenvalue weighted by Gasteiger charge is -2.04. The van der Waals surface area contributed by atoms with Crippen molar-refractivity contribution in [1.82, 2.24) is 0 Å². The Bertz CT molecular complexity index is 495. The molecule has 16 heavy (non-hydrogen) atoms. The van der Waals surface area contributed by atoms with E-state index in [1.165, 1.54) is 0 Å². The number of nitrogens with zero attached hydrogens (tertiary/aromatic N) is 1. The number of hydrogen-bond acceptors (Lipinski definition) is 5. The molecule has 1 aromatic carbocycles. The van der Waals surface area contributed by atoms with E-state index in [1.807, 2.05) is 0 Å². The number of nitrogens with two attached hydrogens (primary N) is 1. The van der Waals surface area contributed by atoms with Gasteiger partial charge in [-0.25, -0.2) is 0 Å². The summed E-state index contributed by atoms with van der Waals surface area (Å²) in [6.45, 7) is 3.31. The van der Waals surface area contributed by atoms with Gasteiger partial charge in [0.15, 0.2) is 5.75 Å². The van der Waals surface area contributed by atoms with Crippen LogP contribution in [0.15, 0.2) is 18.7 Å². The highest BCUT2D eigenvalue weighted by atomic mass is 16.6. The van der Waals surface area contributed by atoms with E-state index in [0.717, 1.165) is 12.1 Å². The average molecular weight is 224 g/mol. The van der Waals surface area contributed by atoms with Crippen LogP contribution in [-0.2, 0) is 4.79 Å². The van der Waals surface area contributed by atoms with Gasteiger partial charge in [0.05, 0.1) is 4.92 Å². The SMILES string of the molecule is C=C(C(N)=O)c1cc(O)c(O)c([N+](=O)[O-])c1. The summed E-state index contributed by atoms with van der Waals surface area (Å²) in [4.78, 5) is 20.4. The summed E-state index contributed by atoms with van der Waals surface area (Å²) >= 11 is 0. The molecule has 0 atom stereocenters. The van der Waals surface area contributed by atoms with Gasteiger partial charge in [0.25, 0.3) is 0 Å². The first-order valence-electron chi connectivity index (χ1n) is 4.04. The fourth-order valence-corrected chi connectivity index (χ4v) is 1.06. The first-order valence-corrected chi connectivity index (χ1v) is 4.04. The van der Waals surface area contributed by atoms with Crippen LogP contribution in [0.5, 0.6) is 11.5 Å². The minimum absolute atomic E-state index is 0.0190. The zero-order valence-corrected chi connectivity index (χ0v) is 8.01. The normalized spacial score (nSPS) is 9.75. The molecule has 0 aliphatic rings. The number of aromatic hydroxyl groups is 2. The number of primary amides is 1. The van der Waals surface area contributed by atoms with Crippen molar-refractivity contribution >= 4 is 17.2 Å². The van der Waals surface area contributed by atoms with Gasteiger partial charge < -0.3 is 15.9 Å². The Morgan fingerprint density at radius 3 is 2.44 bits per heavy atom. The number of benzene rings is 1. The van der Waals surface area contributed by atoms with Gasteiger partial charge >= 0.3 is 5.69 Å². The number of phenolic OH excluding ortho intramolecular Hbond substituents is 2. The summed E-state index contributed by atoms with van der Waals surface area (Å²) in [5.74, 6) is -2.46. The molecule has 0 spiro atoms. The summed E-state index contributed by atoms with van der Waals surface area (Å²) in [7, 11) is 0. The van der Waals surface area contributed by atoms with E-state index in [4.69, 9.17) is 5.73 Å². The maximum Gasteiger partial charge on any atom is 0.315 e. The number of carbonyl (C=O) groups excluding carboxylic acids is 1. The predicted molar refractivity (Wildman–Crippen MR) is 54.7 cm³/mol. The zero-order valence-electron chi connectivity index (χ0n) is 8.01. The highest BCUT2D eigenvalue weighted by molar-refractivity contribution is 6.18. The van der Waals surface area contributed by atoms with Crippen LogP contribution in [0.25, 0.3) is 5.57 Å². The smallest absolute Gasteiger partial charge is 0.315 e. The largest absolute Gasteiger partial charge is 0.504 e. The summed E-state index contributed by atoms with van der Waals surface area (Å²) in [5, 5.41) is 28.9. The molecule has 0 bridgehead atoms. The number of amides is 1. The standard InChI is InChI=1S/C9H8N2O5/c1-4(9(10)14)5-2-6(11(15)16)8(13)7(12)3-5/h2-3,12-13H,1H2,(H2,10,14). The molecule has 1 amide bonds. The molecule has 0 aliphatic heterocycles. The van der Waals surface area contributed by atoms with Crippen LogP contribution in [-0.4, -0.2) is 21.0 Å². The second-order valence-electron chi connectivity index (χ2n) is 2.96. The minimum atomic E-state index is -0.896. The number of nitro benzene ring substituents is 1. The lowest BCUT2D eigenvalue weighted by atomic mass is 10.1. The summed E-state index contributed by atoms with van der Waals surface area (Å²) in [5.41, 5.74) is 3.99. The van der Waals surface area contributed by atoms with Gasteiger partial charge in [-0.3, -0.25) is 14.9 Å². The van der Waals surface area contributed by atoms with E-state index >= 15 is 0 Å². The Balaban J connectivity index is 3.40. The van der Waals surface area contributed by atoms with E-state index < -0.39 is 28.0 Å². The molecule has 0 saturated heterocycles. The Hall–Kier alpha value is -2.57. The summed E-state index contributed by atoms with van der Waals surface area (Å²) in [6, 6.07) is 1.87. The van der Waals surface area contributed by atoms with Gasteiger partial charge in [-0.2, -0.15) is 0 Å². The topological polar surface area (TPSA) is 127 Å². The molecule has 1 rings (SSSR count). The minimum Gasteiger partial charge on any atom is -0.504 e. The Labute approximate surface area is 89.6 Å². The molecule has 0 unspecified atom stereocenters. The van der Waals surface area contributed by atoms with Crippen molar-refractivity contribution in [2.24, 2.45) is 5.73 Å². The third-order valence-corrected chi connectivity index (χ3v) is 1.91. The quantitative estimate of drug-likeness (QED) is 0.298. The van der Waals surface area contributed by atoms with E-state index in [2.05, 4.69) is 6.58 Å². The maximum absolute atomic E-state index is 10.8. The van der Waals surface area contributed by atoms with Crippen molar-refractivity contribution in [3.05, 3.63) is 34.4 Å². The maximum atomic E-state index is 10.8. The van der Waals surface area contributed by atoms with Crippen LogP contribution in [0.4, 0.5) is 5.69 Å². The lowest BCUT2D eigenvalue weighted by molar-refractivity contribution is -0.386. The fourth-order valence-electron chi connectivity index (χ4n) is 1.06. The number of nitro groups is 1. The number of hydrogen-bond donors (Lipinski definition) is 3. The number of rotatable bonds is 3. The molecule has 0 radical (unpaired) electrons. The second-order valence-corrected chi connectivity index (χ2v) is 2.96. The van der Waals surface area contributed by atoms with E-state index in [-0.39, 0.29) is 11.1 Å². The Morgan fingerprint density at radius 2 is 2.00 bits per heavy atom. The van der Waals surface area contributed by atoms with Gasteiger partial charge in [-0.1, -0.05) is 6.58 Å². The van der Waals surface area contributed by atoms with Crippen molar-refractivity contribution < 1.29 is 19.9 Å². The van der Waals surface area contributed by atoms with Gasteiger partial charge in [-0.05, 0) is 11.6 Å². The van der Waals surface area contributed by atoms with Crippen molar-refractivity contribution in [2.75, 3.05) is 0 Å². The first kappa shape index (κ1) is 11.5. The van der Waals surface area contributed by atoms with Gasteiger partial charge in [0.2, 0.25) is 11.7 Å². The molecule has 1 aromatic rings. The zero-order chi connectivity index (χ0) is 12.5. The molecule has 0 saturated carbocycles. The molecule has 84 valence electrons. The van der Waals surface area contributed by atoms with Crippen LogP contribution < -0.4 is 5.73 Å². The predicted octanol–water partition coefficient (Wildman–Crippen LogP) is 0.504. The first-order chi connectivity index (χ1) is 7.34. The lowest BCUT2D eigenvalue weighted by Crippen LogP contribution is -2.12. The van der Waals surface area contributed by atoms with Crippen molar-refractivity contribution in [2.45, 2.75) is 0 Å². The van der Waals surface area contributed by atoms with Crippen LogP contribution >= 0.6 is 0 Å².